The standard InChI is InChI=1S/C13H26N6O6S/c1-6(21)10(12(23)24)17-13(25)16-7(3-9(15)22)4-19(2)18-11(26)8(14)5-20/h6-8,10,20-21H,3-5,14H2,1-2H3,(H2,15,22)(H,18,26)(H,23,24)(H2,16,17,25). The fraction of sp³-hybridized carbons (Fsp3) is 0.692. The van der Waals surface area contributed by atoms with Gasteiger partial charge in [0.15, 0.2) is 6.04 Å². The van der Waals surface area contributed by atoms with Gasteiger partial charge in [-0.2, -0.15) is 0 Å². The molecule has 0 aromatic rings. The van der Waals surface area contributed by atoms with Crippen molar-refractivity contribution in [2.24, 2.45) is 11.5 Å². The number of hydrazine groups is 1. The molecule has 0 aliphatic heterocycles. The lowest BCUT2D eigenvalue weighted by molar-refractivity contribution is -0.141. The minimum Gasteiger partial charge on any atom is -0.480 e. The molecule has 0 aliphatic carbocycles. The van der Waals surface area contributed by atoms with Crippen LogP contribution in [-0.2, 0) is 9.59 Å². The third-order valence-electron chi connectivity index (χ3n) is 3.15. The van der Waals surface area contributed by atoms with Crippen molar-refractivity contribution in [3.05, 3.63) is 0 Å². The van der Waals surface area contributed by atoms with Gasteiger partial charge in [-0.25, -0.2) is 14.6 Å². The quantitative estimate of drug-likeness (QED) is 0.128. The summed E-state index contributed by atoms with van der Waals surface area (Å²) in [5.74, 6) is -2.10. The van der Waals surface area contributed by atoms with Crippen molar-refractivity contribution in [3.63, 3.8) is 0 Å². The van der Waals surface area contributed by atoms with Crippen molar-refractivity contribution >= 4 is 35.1 Å². The summed E-state index contributed by atoms with van der Waals surface area (Å²) in [7, 11) is 1.56. The number of aliphatic carboxylic acids is 1. The third kappa shape index (κ3) is 9.43. The first-order valence-electron chi connectivity index (χ1n) is 7.62. The van der Waals surface area contributed by atoms with Crippen LogP contribution >= 0.6 is 12.2 Å². The molecule has 0 saturated heterocycles. The number of hydrogen-bond donors (Lipinski definition) is 8. The zero-order chi connectivity index (χ0) is 20.4. The van der Waals surface area contributed by atoms with Crippen LogP contribution in [0.2, 0.25) is 0 Å². The minimum absolute atomic E-state index is 0.0566. The molecule has 0 aromatic heterocycles. The van der Waals surface area contributed by atoms with Gasteiger partial charge in [-0.05, 0) is 6.92 Å². The first-order chi connectivity index (χ1) is 12.0. The largest absolute Gasteiger partial charge is 0.480 e. The molecule has 0 aromatic carbocycles. The lowest BCUT2D eigenvalue weighted by Gasteiger charge is -2.27. The van der Waals surface area contributed by atoms with Gasteiger partial charge in [0, 0.05) is 20.0 Å². The van der Waals surface area contributed by atoms with Gasteiger partial charge in [0.1, 0.15) is 4.99 Å². The summed E-state index contributed by atoms with van der Waals surface area (Å²) in [5.41, 5.74) is 13.4. The van der Waals surface area contributed by atoms with Gasteiger partial charge in [0.05, 0.1) is 24.8 Å². The molecule has 0 saturated carbocycles. The van der Waals surface area contributed by atoms with Crippen LogP contribution in [-0.4, -0.2) is 87.7 Å². The van der Waals surface area contributed by atoms with E-state index in [0.717, 1.165) is 0 Å². The molecule has 0 spiro atoms. The average molecular weight is 394 g/mol. The monoisotopic (exact) mass is 394 g/mol. The highest BCUT2D eigenvalue weighted by Crippen LogP contribution is 1.97. The Morgan fingerprint density at radius 2 is 1.85 bits per heavy atom. The number of urea groups is 1. The Kier molecular flexibility index (Phi) is 10.6. The Hall–Kier alpha value is -2.06. The summed E-state index contributed by atoms with van der Waals surface area (Å²) in [6.45, 7) is 0.908. The number of aliphatic hydroxyl groups excluding tert-OH is 2. The van der Waals surface area contributed by atoms with Crippen molar-refractivity contribution < 1.29 is 29.7 Å². The normalized spacial score (nSPS) is 15.5. The molecule has 12 nitrogen and oxygen atoms in total. The molecule has 0 rings (SSSR count). The number of nitrogens with two attached hydrogens (primary N) is 2. The van der Waals surface area contributed by atoms with Gasteiger partial charge in [-0.1, -0.05) is 12.2 Å². The molecule has 0 radical (unpaired) electrons. The molecule has 4 unspecified atom stereocenters. The number of amides is 3. The minimum atomic E-state index is -1.52. The predicted octanol–water partition coefficient (Wildman–Crippen LogP) is -3.55. The Morgan fingerprint density at radius 1 is 1.27 bits per heavy atom. The molecule has 3 amide bonds. The first-order valence-corrected chi connectivity index (χ1v) is 8.03. The van der Waals surface area contributed by atoms with Crippen molar-refractivity contribution in [3.8, 4) is 0 Å². The number of thiocarbonyl (C=S) groups is 1. The first kappa shape index (κ1) is 23.9. The molecule has 4 atom stereocenters. The van der Waals surface area contributed by atoms with E-state index in [1.54, 1.807) is 7.05 Å². The van der Waals surface area contributed by atoms with Gasteiger partial charge >= 0.3 is 12.0 Å². The Balaban J connectivity index is 4.83. The van der Waals surface area contributed by atoms with E-state index in [4.69, 9.17) is 33.9 Å². The highest BCUT2D eigenvalue weighted by Gasteiger charge is 2.26. The van der Waals surface area contributed by atoms with E-state index in [1.807, 2.05) is 0 Å². The molecule has 150 valence electrons. The smallest absolute Gasteiger partial charge is 0.328 e. The van der Waals surface area contributed by atoms with Gasteiger partial charge in [0.25, 0.3) is 0 Å². The SMILES string of the molecule is CC(O)C(NC(=O)NC(CC(N)=O)CN(C)NC(=S)C(N)CO)C(=O)O. The molecule has 26 heavy (non-hydrogen) atoms. The summed E-state index contributed by atoms with van der Waals surface area (Å²) in [6, 6.07) is -3.98. The number of likely N-dealkylation sites (N-methyl/N-ethyl adjacent to an activating group) is 1. The average Bonchev–Trinajstić information content (AvgIpc) is 2.49. The lowest BCUT2D eigenvalue weighted by atomic mass is 10.2. The number of primary amides is 1. The third-order valence-corrected chi connectivity index (χ3v) is 3.54. The highest BCUT2D eigenvalue weighted by atomic mass is 32.1. The van der Waals surface area contributed by atoms with Gasteiger partial charge in [-0.15, -0.1) is 0 Å². The summed E-state index contributed by atoms with van der Waals surface area (Å²) >= 11 is 4.97. The highest BCUT2D eigenvalue weighted by molar-refractivity contribution is 7.80. The van der Waals surface area contributed by atoms with Gasteiger partial charge < -0.3 is 42.8 Å². The molecule has 0 fully saturated rings. The molecule has 0 aliphatic rings. The second-order valence-electron chi connectivity index (χ2n) is 5.69. The van der Waals surface area contributed by atoms with E-state index in [0.29, 0.717) is 0 Å². The lowest BCUT2D eigenvalue weighted by Crippen LogP contribution is -2.57. The predicted molar refractivity (Wildman–Crippen MR) is 95.8 cm³/mol. The van der Waals surface area contributed by atoms with Crippen LogP contribution < -0.4 is 27.5 Å². The van der Waals surface area contributed by atoms with Crippen LogP contribution in [0.25, 0.3) is 0 Å². The number of carbonyl (C=O) groups is 3. The van der Waals surface area contributed by atoms with Crippen molar-refractivity contribution in [2.45, 2.75) is 37.6 Å². The summed E-state index contributed by atoms with van der Waals surface area (Å²) in [6.07, 6.45) is -1.56. The maximum Gasteiger partial charge on any atom is 0.328 e. The second kappa shape index (κ2) is 11.5. The molecule has 0 heterocycles. The van der Waals surface area contributed by atoms with E-state index in [9.17, 15) is 19.5 Å². The number of nitrogens with one attached hydrogen (secondary N) is 3. The number of aliphatic hydroxyl groups is 2. The van der Waals surface area contributed by atoms with Crippen LogP contribution in [0.4, 0.5) is 4.79 Å². The molecular formula is C13H26N6O6S. The second-order valence-corrected chi connectivity index (χ2v) is 6.13. The number of rotatable bonds is 11. The zero-order valence-electron chi connectivity index (χ0n) is 14.5. The van der Waals surface area contributed by atoms with E-state index < -0.39 is 42.1 Å². The number of carboxylic acids is 1. The topological polar surface area (TPSA) is 203 Å². The van der Waals surface area contributed by atoms with E-state index >= 15 is 0 Å². The number of nitrogens with zero attached hydrogens (tertiary/aromatic N) is 1. The Labute approximate surface area is 155 Å². The fourth-order valence-corrected chi connectivity index (χ4v) is 2.12. The van der Waals surface area contributed by atoms with Gasteiger partial charge in [-0.3, -0.25) is 4.79 Å². The molecule has 13 heteroatoms. The number of hydrogen-bond acceptors (Lipinski definition) is 8. The van der Waals surface area contributed by atoms with Crippen LogP contribution in [0.3, 0.4) is 0 Å². The van der Waals surface area contributed by atoms with Crippen LogP contribution in [0, 0.1) is 0 Å². The molecule has 10 N–H and O–H groups in total. The number of carboxylic acid groups (broad SMARTS) is 1. The summed E-state index contributed by atoms with van der Waals surface area (Å²) in [5, 5.41) is 33.2. The van der Waals surface area contributed by atoms with E-state index in [-0.39, 0.29) is 24.6 Å². The molecule has 0 bridgehead atoms. The maximum absolute atomic E-state index is 11.9. The van der Waals surface area contributed by atoms with Crippen LogP contribution in [0.5, 0.6) is 0 Å². The summed E-state index contributed by atoms with van der Waals surface area (Å²) < 4.78 is 0. The van der Waals surface area contributed by atoms with Gasteiger partial charge in [0.2, 0.25) is 5.91 Å². The van der Waals surface area contributed by atoms with E-state index in [2.05, 4.69) is 16.1 Å². The number of carbonyl (C=O) groups excluding carboxylic acids is 2. The Bertz CT molecular complexity index is 519. The van der Waals surface area contributed by atoms with E-state index in [1.165, 1.54) is 11.9 Å². The van der Waals surface area contributed by atoms with Crippen molar-refractivity contribution in [1.82, 2.24) is 21.1 Å². The van der Waals surface area contributed by atoms with Crippen molar-refractivity contribution in [1.29, 1.82) is 0 Å². The Morgan fingerprint density at radius 3 is 2.27 bits per heavy atom. The molecular weight excluding hydrogens is 368 g/mol. The fourth-order valence-electron chi connectivity index (χ4n) is 1.89. The van der Waals surface area contributed by atoms with Crippen LogP contribution in [0.15, 0.2) is 0 Å². The zero-order valence-corrected chi connectivity index (χ0v) is 15.3. The van der Waals surface area contributed by atoms with Crippen LogP contribution in [0.1, 0.15) is 13.3 Å². The van der Waals surface area contributed by atoms with Crippen molar-refractivity contribution in [2.75, 3.05) is 20.2 Å². The maximum atomic E-state index is 11.9. The summed E-state index contributed by atoms with van der Waals surface area (Å²) in [4.78, 5) is 34.3.